The Kier molecular flexibility index (Phi) is 35.9. The fourth-order valence-corrected chi connectivity index (χ4v) is 5.90. The minimum atomic E-state index is -4.64. The lowest BCUT2D eigenvalue weighted by Crippen LogP contribution is -2.37. The molecule has 0 rings (SSSR count). The maximum absolute atomic E-state index is 12.6. The summed E-state index contributed by atoms with van der Waals surface area (Å²) < 4.78 is 33.8. The molecule has 0 heterocycles. The van der Waals surface area contributed by atoms with Gasteiger partial charge >= 0.3 is 11.9 Å². The van der Waals surface area contributed by atoms with E-state index in [0.29, 0.717) is 23.9 Å². The predicted octanol–water partition coefficient (Wildman–Crippen LogP) is 11.4. The van der Waals surface area contributed by atoms with Gasteiger partial charge in [0.05, 0.1) is 27.7 Å². The molecule has 0 aliphatic heterocycles. The van der Waals surface area contributed by atoms with Crippen molar-refractivity contribution >= 4 is 19.8 Å². The number of quaternary nitrogens is 1. The highest BCUT2D eigenvalue weighted by molar-refractivity contribution is 7.45. The molecule has 0 spiro atoms. The van der Waals surface area contributed by atoms with Crippen molar-refractivity contribution in [1.29, 1.82) is 0 Å². The van der Waals surface area contributed by atoms with Crippen LogP contribution in [-0.2, 0) is 32.7 Å². The van der Waals surface area contributed by atoms with E-state index >= 15 is 0 Å². The van der Waals surface area contributed by atoms with Crippen molar-refractivity contribution in [2.75, 3.05) is 47.5 Å². The number of phosphoric acid groups is 1. The van der Waals surface area contributed by atoms with E-state index < -0.39 is 32.5 Å². The van der Waals surface area contributed by atoms with Gasteiger partial charge in [-0.25, -0.2) is 0 Å². The van der Waals surface area contributed by atoms with E-state index in [1.807, 2.05) is 39.4 Å². The Balaban J connectivity index is 4.41. The number of rotatable bonds is 37. The predicted molar refractivity (Wildman–Crippen MR) is 231 cm³/mol. The van der Waals surface area contributed by atoms with Crippen LogP contribution in [0.3, 0.4) is 0 Å². The molecule has 9 nitrogen and oxygen atoms in total. The zero-order valence-electron chi connectivity index (χ0n) is 35.8. The van der Waals surface area contributed by atoms with E-state index in [1.165, 1.54) is 0 Å². The molecule has 0 saturated carbocycles. The monoisotopic (exact) mass is 804 g/mol. The fourth-order valence-electron chi connectivity index (χ4n) is 5.17. The molecule has 0 aliphatic rings. The van der Waals surface area contributed by atoms with Gasteiger partial charge < -0.3 is 27.9 Å². The second-order valence-corrected chi connectivity index (χ2v) is 16.4. The SMILES string of the molecule is CC/C=C/C=C/C=C/CCCCCCCC(=O)OC(COC(=O)CCCCCCCC/C=C/C/C=C/C/C=C/C/C=C/CC)COP(=O)([O-])OCC[N+](C)(C)C. The van der Waals surface area contributed by atoms with Gasteiger partial charge in [-0.2, -0.15) is 0 Å². The number of ether oxygens (including phenoxy) is 2. The number of allylic oxidation sites excluding steroid dienone is 14. The number of likely N-dealkylation sites (N-methyl/N-ethyl adjacent to an activating group) is 1. The average molecular weight is 804 g/mol. The van der Waals surface area contributed by atoms with Crippen LogP contribution in [0.15, 0.2) is 85.1 Å². The first-order valence-electron chi connectivity index (χ1n) is 21.3. The second-order valence-electron chi connectivity index (χ2n) is 15.0. The summed E-state index contributed by atoms with van der Waals surface area (Å²) >= 11 is 0. The normalized spacial score (nSPS) is 14.5. The zero-order valence-corrected chi connectivity index (χ0v) is 36.7. The zero-order chi connectivity index (χ0) is 41.4. The standard InChI is InChI=1S/C46H78NO8P/c1-6-8-10-12-14-16-18-20-21-22-23-24-25-27-28-30-32-34-36-38-45(48)52-42-44(43-54-56(50,51)53-41-40-47(3,4)5)55-46(49)39-37-35-33-31-29-26-19-17-15-13-11-9-7-2/h8-11,13-17,19-21,23-24,44H,6-7,12,18,22,25-43H2,1-5H3/b10-8+,11-9+,15-13+,16-14+,19-17+,21-20+,24-23+. The van der Waals surface area contributed by atoms with Crippen LogP contribution in [0.5, 0.6) is 0 Å². The maximum atomic E-state index is 12.6. The summed E-state index contributed by atoms with van der Waals surface area (Å²) in [7, 11) is 1.12. The molecule has 0 aromatic rings. The first-order chi connectivity index (χ1) is 27.0. The van der Waals surface area contributed by atoms with Gasteiger partial charge in [-0.1, -0.05) is 144 Å². The Morgan fingerprint density at radius 1 is 0.571 bits per heavy atom. The molecule has 2 atom stereocenters. The van der Waals surface area contributed by atoms with Gasteiger partial charge in [0.15, 0.2) is 6.10 Å². The van der Waals surface area contributed by atoms with Crippen LogP contribution >= 0.6 is 7.82 Å². The van der Waals surface area contributed by atoms with E-state index in [1.54, 1.807) is 0 Å². The highest BCUT2D eigenvalue weighted by atomic mass is 31.2. The Bertz CT molecular complexity index is 1230. The van der Waals surface area contributed by atoms with Crippen LogP contribution in [0.2, 0.25) is 0 Å². The summed E-state index contributed by atoms with van der Waals surface area (Å²) in [6.45, 7) is 3.91. The Morgan fingerprint density at radius 3 is 1.62 bits per heavy atom. The smallest absolute Gasteiger partial charge is 0.306 e. The number of carbonyl (C=O) groups is 2. The van der Waals surface area contributed by atoms with E-state index in [-0.39, 0.29) is 26.1 Å². The number of carbonyl (C=O) groups excluding carboxylic acids is 2. The molecule has 0 aliphatic carbocycles. The van der Waals surface area contributed by atoms with Crippen LogP contribution in [0, 0.1) is 0 Å². The minimum Gasteiger partial charge on any atom is -0.756 e. The van der Waals surface area contributed by atoms with E-state index in [9.17, 15) is 19.0 Å². The quantitative estimate of drug-likeness (QED) is 0.0152. The third-order valence-electron chi connectivity index (χ3n) is 8.47. The molecule has 10 heteroatoms. The first-order valence-corrected chi connectivity index (χ1v) is 22.8. The Hall–Kier alpha value is -2.81. The number of nitrogens with zero attached hydrogens (tertiary/aromatic N) is 1. The number of esters is 2. The second kappa shape index (κ2) is 37.7. The Morgan fingerprint density at radius 2 is 1.05 bits per heavy atom. The molecule has 2 unspecified atom stereocenters. The van der Waals surface area contributed by atoms with Gasteiger partial charge in [-0.05, 0) is 70.6 Å². The third kappa shape index (κ3) is 40.8. The van der Waals surface area contributed by atoms with E-state index in [4.69, 9.17) is 18.5 Å². The molecule has 0 aromatic heterocycles. The molecule has 0 N–H and O–H groups in total. The number of unbranched alkanes of at least 4 members (excludes halogenated alkanes) is 11. The summed E-state index contributed by atoms with van der Waals surface area (Å²) in [5.41, 5.74) is 0. The van der Waals surface area contributed by atoms with Gasteiger partial charge in [0.25, 0.3) is 7.82 Å². The summed E-state index contributed by atoms with van der Waals surface area (Å²) in [4.78, 5) is 37.5. The average Bonchev–Trinajstić information content (AvgIpc) is 3.15. The number of phosphoric ester groups is 1. The lowest BCUT2D eigenvalue weighted by Gasteiger charge is -2.28. The van der Waals surface area contributed by atoms with Gasteiger partial charge in [-0.3, -0.25) is 14.2 Å². The Labute approximate surface area is 341 Å². The summed E-state index contributed by atoms with van der Waals surface area (Å²) in [6.07, 6.45) is 47.5. The molecule has 0 bridgehead atoms. The molecular formula is C46H78NO8P. The molecule has 0 radical (unpaired) electrons. The van der Waals surface area contributed by atoms with Crippen LogP contribution in [0.4, 0.5) is 0 Å². The van der Waals surface area contributed by atoms with E-state index in [2.05, 4.69) is 80.7 Å². The van der Waals surface area contributed by atoms with E-state index in [0.717, 1.165) is 103 Å². The molecule has 0 fully saturated rings. The van der Waals surface area contributed by atoms with Gasteiger partial charge in [0.1, 0.15) is 19.8 Å². The van der Waals surface area contributed by atoms with Gasteiger partial charge in [0.2, 0.25) is 0 Å². The topological polar surface area (TPSA) is 111 Å². The first kappa shape index (κ1) is 53.2. The van der Waals surface area contributed by atoms with Crippen molar-refractivity contribution in [3.8, 4) is 0 Å². The van der Waals surface area contributed by atoms with Crippen molar-refractivity contribution in [3.05, 3.63) is 85.1 Å². The van der Waals surface area contributed by atoms with Gasteiger partial charge in [-0.15, -0.1) is 0 Å². The molecule has 320 valence electrons. The van der Waals surface area contributed by atoms with Crippen molar-refractivity contribution < 1.29 is 42.1 Å². The molecule has 56 heavy (non-hydrogen) atoms. The van der Waals surface area contributed by atoms with Crippen molar-refractivity contribution in [1.82, 2.24) is 0 Å². The molecular weight excluding hydrogens is 725 g/mol. The fraction of sp³-hybridized carbons (Fsp3) is 0.652. The lowest BCUT2D eigenvalue weighted by atomic mass is 10.1. The van der Waals surface area contributed by atoms with Crippen molar-refractivity contribution in [2.45, 2.75) is 148 Å². The highest BCUT2D eigenvalue weighted by Crippen LogP contribution is 2.38. The van der Waals surface area contributed by atoms with Crippen LogP contribution in [-0.4, -0.2) is 70.0 Å². The maximum Gasteiger partial charge on any atom is 0.306 e. The van der Waals surface area contributed by atoms with Crippen molar-refractivity contribution in [2.24, 2.45) is 0 Å². The lowest BCUT2D eigenvalue weighted by molar-refractivity contribution is -0.870. The van der Waals surface area contributed by atoms with Crippen molar-refractivity contribution in [3.63, 3.8) is 0 Å². The number of hydrogen-bond acceptors (Lipinski definition) is 8. The summed E-state index contributed by atoms with van der Waals surface area (Å²) in [5, 5.41) is 0. The summed E-state index contributed by atoms with van der Waals surface area (Å²) in [6, 6.07) is 0. The molecule has 0 aromatic carbocycles. The molecule has 0 amide bonds. The third-order valence-corrected chi connectivity index (χ3v) is 9.44. The minimum absolute atomic E-state index is 0.0427. The van der Waals surface area contributed by atoms with Crippen LogP contribution in [0.25, 0.3) is 0 Å². The summed E-state index contributed by atoms with van der Waals surface area (Å²) in [5.74, 6) is -0.885. The largest absolute Gasteiger partial charge is 0.756 e. The van der Waals surface area contributed by atoms with Crippen LogP contribution < -0.4 is 4.89 Å². The molecule has 0 saturated heterocycles. The van der Waals surface area contributed by atoms with Crippen LogP contribution in [0.1, 0.15) is 142 Å². The highest BCUT2D eigenvalue weighted by Gasteiger charge is 2.21. The number of hydrogen-bond donors (Lipinski definition) is 0. The van der Waals surface area contributed by atoms with Gasteiger partial charge in [0, 0.05) is 12.8 Å².